The molecule has 0 bridgehead atoms. The molecule has 2 amide bonds. The lowest BCUT2D eigenvalue weighted by Gasteiger charge is -2.11. The Labute approximate surface area is 115 Å². The third kappa shape index (κ3) is 5.25. The van der Waals surface area contributed by atoms with Crippen molar-refractivity contribution in [2.24, 2.45) is 10.8 Å². The third-order valence-electron chi connectivity index (χ3n) is 2.01. The second kappa shape index (κ2) is 7.62. The summed E-state index contributed by atoms with van der Waals surface area (Å²) in [6.07, 6.45) is 1.37. The number of aliphatic carboxylic acids is 1. The first-order valence-electron chi connectivity index (χ1n) is 5.73. The van der Waals surface area contributed by atoms with Gasteiger partial charge in [-0.3, -0.25) is 0 Å². The summed E-state index contributed by atoms with van der Waals surface area (Å²) in [5.74, 6) is -0.380. The number of hydrogen-bond donors (Lipinski definition) is 3. The van der Waals surface area contributed by atoms with E-state index in [2.05, 4.69) is 10.5 Å². The fourth-order valence-corrected chi connectivity index (χ4v) is 1.30. The van der Waals surface area contributed by atoms with Crippen LogP contribution in [0.2, 0.25) is 0 Å². The highest BCUT2D eigenvalue weighted by Gasteiger charge is 2.07. The van der Waals surface area contributed by atoms with Crippen molar-refractivity contribution < 1.29 is 24.2 Å². The third-order valence-corrected chi connectivity index (χ3v) is 2.01. The molecule has 0 radical (unpaired) electrons. The van der Waals surface area contributed by atoms with Gasteiger partial charge in [0.05, 0.1) is 12.8 Å². The van der Waals surface area contributed by atoms with E-state index in [1.165, 1.54) is 6.21 Å². The number of ether oxygens (including phenoxy) is 2. The molecule has 108 valence electrons. The van der Waals surface area contributed by atoms with Gasteiger partial charge in [0.1, 0.15) is 0 Å². The van der Waals surface area contributed by atoms with E-state index in [-0.39, 0.29) is 0 Å². The largest absolute Gasteiger partial charge is 0.490 e. The van der Waals surface area contributed by atoms with Crippen molar-refractivity contribution in [2.45, 2.75) is 6.92 Å². The van der Waals surface area contributed by atoms with Crippen molar-refractivity contribution in [2.75, 3.05) is 13.2 Å². The van der Waals surface area contributed by atoms with Gasteiger partial charge in [0, 0.05) is 0 Å². The zero-order valence-corrected chi connectivity index (χ0v) is 10.8. The number of benzene rings is 1. The lowest BCUT2D eigenvalue weighted by atomic mass is 10.2. The van der Waals surface area contributed by atoms with Crippen LogP contribution in [-0.4, -0.2) is 36.5 Å². The molecule has 1 aromatic carbocycles. The molecule has 0 fully saturated rings. The second-order valence-corrected chi connectivity index (χ2v) is 3.56. The maximum absolute atomic E-state index is 10.5. The smallest absolute Gasteiger partial charge is 0.341 e. The Hall–Kier alpha value is -2.77. The predicted molar refractivity (Wildman–Crippen MR) is 71.1 cm³/mol. The maximum atomic E-state index is 10.5. The Kier molecular flexibility index (Phi) is 5.82. The highest BCUT2D eigenvalue weighted by Crippen LogP contribution is 2.27. The number of hydrogen-bond acceptors (Lipinski definition) is 5. The van der Waals surface area contributed by atoms with Gasteiger partial charge in [-0.25, -0.2) is 15.0 Å². The minimum absolute atomic E-state index is 0.314. The van der Waals surface area contributed by atoms with Gasteiger partial charge in [-0.05, 0) is 30.7 Å². The molecule has 0 aliphatic carbocycles. The van der Waals surface area contributed by atoms with E-state index in [1.807, 2.05) is 0 Å². The molecule has 0 saturated carbocycles. The molecule has 0 aliphatic rings. The van der Waals surface area contributed by atoms with E-state index in [1.54, 1.807) is 25.1 Å². The van der Waals surface area contributed by atoms with Gasteiger partial charge >= 0.3 is 12.0 Å². The average molecular weight is 281 g/mol. The Morgan fingerprint density at radius 1 is 1.40 bits per heavy atom. The molecule has 8 nitrogen and oxygen atoms in total. The zero-order valence-electron chi connectivity index (χ0n) is 10.8. The van der Waals surface area contributed by atoms with Crippen molar-refractivity contribution in [3.63, 3.8) is 0 Å². The lowest BCUT2D eigenvalue weighted by Crippen LogP contribution is -2.24. The van der Waals surface area contributed by atoms with Gasteiger partial charge in [0.2, 0.25) is 0 Å². The van der Waals surface area contributed by atoms with E-state index in [0.717, 1.165) is 0 Å². The summed E-state index contributed by atoms with van der Waals surface area (Å²) in [5, 5.41) is 12.2. The Morgan fingerprint density at radius 2 is 2.15 bits per heavy atom. The fourth-order valence-electron chi connectivity index (χ4n) is 1.30. The number of carboxylic acids is 1. The molecule has 0 aromatic heterocycles. The highest BCUT2D eigenvalue weighted by molar-refractivity contribution is 5.82. The van der Waals surface area contributed by atoms with E-state index in [0.29, 0.717) is 23.7 Å². The first-order valence-corrected chi connectivity index (χ1v) is 5.73. The summed E-state index contributed by atoms with van der Waals surface area (Å²) in [6, 6.07) is 4.02. The monoisotopic (exact) mass is 281 g/mol. The first kappa shape index (κ1) is 15.3. The molecule has 8 heteroatoms. The molecule has 0 saturated heterocycles. The molecule has 1 aromatic rings. The van der Waals surface area contributed by atoms with Crippen molar-refractivity contribution in [1.29, 1.82) is 0 Å². The van der Waals surface area contributed by atoms with E-state index in [4.69, 9.17) is 20.3 Å². The number of carbonyl (C=O) groups is 2. The second-order valence-electron chi connectivity index (χ2n) is 3.56. The molecule has 0 spiro atoms. The number of rotatable bonds is 7. The molecule has 0 aliphatic heterocycles. The number of amides is 2. The van der Waals surface area contributed by atoms with Crippen LogP contribution in [0.4, 0.5) is 4.79 Å². The average Bonchev–Trinajstić information content (AvgIpc) is 2.37. The number of carboxylic acid groups (broad SMARTS) is 1. The number of carbonyl (C=O) groups excluding carboxylic acids is 1. The summed E-state index contributed by atoms with van der Waals surface area (Å²) in [4.78, 5) is 20.9. The highest BCUT2D eigenvalue weighted by atomic mass is 16.5. The van der Waals surface area contributed by atoms with E-state index in [9.17, 15) is 9.59 Å². The number of urea groups is 1. The predicted octanol–water partition coefficient (Wildman–Crippen LogP) is 0.551. The van der Waals surface area contributed by atoms with E-state index < -0.39 is 18.6 Å². The quantitative estimate of drug-likeness (QED) is 0.497. The molecule has 0 unspecified atom stereocenters. The summed E-state index contributed by atoms with van der Waals surface area (Å²) in [6.45, 7) is 1.72. The van der Waals surface area contributed by atoms with Crippen LogP contribution in [0.25, 0.3) is 0 Å². The first-order chi connectivity index (χ1) is 9.52. The normalized spacial score (nSPS) is 10.2. The molecule has 0 atom stereocenters. The van der Waals surface area contributed by atoms with Crippen LogP contribution in [0, 0.1) is 0 Å². The van der Waals surface area contributed by atoms with Gasteiger partial charge in [-0.15, -0.1) is 0 Å². The Balaban J connectivity index is 2.85. The fraction of sp³-hybridized carbons (Fsp3) is 0.250. The van der Waals surface area contributed by atoms with Gasteiger partial charge in [0.15, 0.2) is 18.1 Å². The summed E-state index contributed by atoms with van der Waals surface area (Å²) < 4.78 is 10.4. The van der Waals surface area contributed by atoms with Crippen LogP contribution in [0.15, 0.2) is 23.3 Å². The van der Waals surface area contributed by atoms with Crippen LogP contribution in [0.5, 0.6) is 11.5 Å². The molecule has 0 heterocycles. The molecular weight excluding hydrogens is 266 g/mol. The van der Waals surface area contributed by atoms with Crippen molar-refractivity contribution in [3.8, 4) is 11.5 Å². The molecule has 1 rings (SSSR count). The summed E-state index contributed by atoms with van der Waals surface area (Å²) >= 11 is 0. The zero-order chi connectivity index (χ0) is 15.0. The van der Waals surface area contributed by atoms with Crippen molar-refractivity contribution in [3.05, 3.63) is 23.8 Å². The molecular formula is C12H15N3O5. The standard InChI is InChI=1S/C12H15N3O5/c1-2-19-10-5-8(6-14-15-12(13)18)3-4-9(10)20-7-11(16)17/h3-6H,2,7H2,1H3,(H,16,17)(H3,13,15,18)/b14-6+. The number of primary amides is 1. The summed E-state index contributed by atoms with van der Waals surface area (Å²) in [7, 11) is 0. The topological polar surface area (TPSA) is 123 Å². The van der Waals surface area contributed by atoms with Gasteiger partial charge in [0.25, 0.3) is 0 Å². The van der Waals surface area contributed by atoms with Gasteiger partial charge in [-0.1, -0.05) is 0 Å². The van der Waals surface area contributed by atoms with Gasteiger partial charge < -0.3 is 20.3 Å². The summed E-state index contributed by atoms with van der Waals surface area (Å²) in [5.41, 5.74) is 7.55. The van der Waals surface area contributed by atoms with Crippen LogP contribution >= 0.6 is 0 Å². The van der Waals surface area contributed by atoms with Gasteiger partial charge in [-0.2, -0.15) is 5.10 Å². The maximum Gasteiger partial charge on any atom is 0.341 e. The molecule has 4 N–H and O–H groups in total. The minimum Gasteiger partial charge on any atom is -0.490 e. The van der Waals surface area contributed by atoms with E-state index >= 15 is 0 Å². The Morgan fingerprint density at radius 3 is 2.75 bits per heavy atom. The van der Waals surface area contributed by atoms with Crippen LogP contribution in [-0.2, 0) is 4.79 Å². The SMILES string of the molecule is CCOc1cc(/C=N/NC(N)=O)ccc1OCC(=O)O. The number of nitrogens with zero attached hydrogens (tertiary/aromatic N) is 1. The lowest BCUT2D eigenvalue weighted by molar-refractivity contribution is -0.139. The Bertz CT molecular complexity index is 516. The number of hydrazone groups is 1. The van der Waals surface area contributed by atoms with Crippen LogP contribution < -0.4 is 20.6 Å². The van der Waals surface area contributed by atoms with Crippen molar-refractivity contribution in [1.82, 2.24) is 5.43 Å². The minimum atomic E-state index is -1.08. The number of nitrogens with two attached hydrogens (primary N) is 1. The number of nitrogens with one attached hydrogen (secondary N) is 1. The molecule has 20 heavy (non-hydrogen) atoms. The van der Waals surface area contributed by atoms with Crippen LogP contribution in [0.1, 0.15) is 12.5 Å². The van der Waals surface area contributed by atoms with Crippen molar-refractivity contribution >= 4 is 18.2 Å². The van der Waals surface area contributed by atoms with Crippen LogP contribution in [0.3, 0.4) is 0 Å².